The molecule has 1 atom stereocenters. The normalized spacial score (nSPS) is 12.2. The zero-order valence-electron chi connectivity index (χ0n) is 13.0. The Hall–Kier alpha value is -2.07. The highest BCUT2D eigenvalue weighted by molar-refractivity contribution is 5.94. The third-order valence-corrected chi connectivity index (χ3v) is 3.45. The Kier molecular flexibility index (Phi) is 4.81. The SMILES string of the molecule is COCC(C)NC(=O)c1ccc(-n2c(C)ccc2C)cc1. The maximum atomic E-state index is 12.1. The van der Waals surface area contributed by atoms with Crippen LogP contribution in [0, 0.1) is 13.8 Å². The van der Waals surface area contributed by atoms with E-state index in [9.17, 15) is 4.79 Å². The number of ether oxygens (including phenoxy) is 1. The minimum Gasteiger partial charge on any atom is -0.383 e. The van der Waals surface area contributed by atoms with Crippen molar-refractivity contribution in [3.05, 3.63) is 53.3 Å². The highest BCUT2D eigenvalue weighted by atomic mass is 16.5. The van der Waals surface area contributed by atoms with Crippen molar-refractivity contribution in [2.45, 2.75) is 26.8 Å². The van der Waals surface area contributed by atoms with Crippen LogP contribution in [0.5, 0.6) is 0 Å². The molecule has 1 aromatic heterocycles. The van der Waals surface area contributed by atoms with Gasteiger partial charge in [-0.1, -0.05) is 0 Å². The van der Waals surface area contributed by atoms with Gasteiger partial charge in [0.2, 0.25) is 0 Å². The molecule has 0 fully saturated rings. The Labute approximate surface area is 125 Å². The number of hydrogen-bond acceptors (Lipinski definition) is 2. The van der Waals surface area contributed by atoms with Crippen LogP contribution in [0.2, 0.25) is 0 Å². The Bertz CT molecular complexity index is 595. The Morgan fingerprint density at radius 3 is 2.24 bits per heavy atom. The van der Waals surface area contributed by atoms with E-state index in [1.54, 1.807) is 7.11 Å². The van der Waals surface area contributed by atoms with Gasteiger partial charge >= 0.3 is 0 Å². The van der Waals surface area contributed by atoms with Gasteiger partial charge in [-0.2, -0.15) is 0 Å². The van der Waals surface area contributed by atoms with Crippen molar-refractivity contribution >= 4 is 5.91 Å². The van der Waals surface area contributed by atoms with E-state index in [-0.39, 0.29) is 11.9 Å². The van der Waals surface area contributed by atoms with Gasteiger partial charge in [0.05, 0.1) is 6.61 Å². The summed E-state index contributed by atoms with van der Waals surface area (Å²) in [5, 5.41) is 2.90. The monoisotopic (exact) mass is 286 g/mol. The molecular weight excluding hydrogens is 264 g/mol. The molecular formula is C17H22N2O2. The van der Waals surface area contributed by atoms with Gasteiger partial charge in [-0.25, -0.2) is 0 Å². The van der Waals surface area contributed by atoms with Gasteiger partial charge < -0.3 is 14.6 Å². The van der Waals surface area contributed by atoms with E-state index in [0.29, 0.717) is 12.2 Å². The third kappa shape index (κ3) is 3.52. The maximum absolute atomic E-state index is 12.1. The number of nitrogens with one attached hydrogen (secondary N) is 1. The van der Waals surface area contributed by atoms with E-state index in [1.807, 2.05) is 31.2 Å². The summed E-state index contributed by atoms with van der Waals surface area (Å²) >= 11 is 0. The first-order chi connectivity index (χ1) is 10.0. The van der Waals surface area contributed by atoms with Crippen LogP contribution in [0.1, 0.15) is 28.7 Å². The van der Waals surface area contributed by atoms with Gasteiger partial charge in [0.25, 0.3) is 5.91 Å². The average Bonchev–Trinajstić information content (AvgIpc) is 2.78. The molecule has 0 spiro atoms. The van der Waals surface area contributed by atoms with Crippen LogP contribution in [0.4, 0.5) is 0 Å². The highest BCUT2D eigenvalue weighted by Crippen LogP contribution is 2.16. The molecule has 21 heavy (non-hydrogen) atoms. The number of carbonyl (C=O) groups is 1. The number of methoxy groups -OCH3 is 1. The Morgan fingerprint density at radius 2 is 1.71 bits per heavy atom. The summed E-state index contributed by atoms with van der Waals surface area (Å²) in [6.07, 6.45) is 0. The summed E-state index contributed by atoms with van der Waals surface area (Å²) in [4.78, 5) is 12.1. The Morgan fingerprint density at radius 1 is 1.14 bits per heavy atom. The molecule has 2 aromatic rings. The molecule has 1 aromatic carbocycles. The van der Waals surface area contributed by atoms with Crippen LogP contribution in [0.25, 0.3) is 5.69 Å². The molecule has 112 valence electrons. The number of carbonyl (C=O) groups excluding carboxylic acids is 1. The van der Waals surface area contributed by atoms with Gasteiger partial charge in [0.15, 0.2) is 0 Å². The van der Waals surface area contributed by atoms with Crippen LogP contribution < -0.4 is 5.32 Å². The molecule has 0 bridgehead atoms. The Balaban J connectivity index is 2.14. The number of nitrogens with zero attached hydrogens (tertiary/aromatic N) is 1. The highest BCUT2D eigenvalue weighted by Gasteiger charge is 2.10. The zero-order chi connectivity index (χ0) is 15.4. The van der Waals surface area contributed by atoms with Gasteiger partial charge in [-0.15, -0.1) is 0 Å². The number of amides is 1. The van der Waals surface area contributed by atoms with E-state index < -0.39 is 0 Å². The van der Waals surface area contributed by atoms with Crippen molar-refractivity contribution in [2.75, 3.05) is 13.7 Å². The lowest BCUT2D eigenvalue weighted by Gasteiger charge is -2.13. The first kappa shape index (κ1) is 15.3. The lowest BCUT2D eigenvalue weighted by atomic mass is 10.1. The first-order valence-electron chi connectivity index (χ1n) is 7.08. The molecule has 1 heterocycles. The van der Waals surface area contributed by atoms with Gasteiger partial charge in [-0.05, 0) is 57.2 Å². The van der Waals surface area contributed by atoms with Crippen molar-refractivity contribution < 1.29 is 9.53 Å². The maximum Gasteiger partial charge on any atom is 0.251 e. The second kappa shape index (κ2) is 6.59. The van der Waals surface area contributed by atoms with E-state index in [1.165, 1.54) is 11.4 Å². The van der Waals surface area contributed by atoms with Crippen LogP contribution in [-0.2, 0) is 4.74 Å². The van der Waals surface area contributed by atoms with E-state index in [4.69, 9.17) is 4.74 Å². The molecule has 1 N–H and O–H groups in total. The summed E-state index contributed by atoms with van der Waals surface area (Å²) < 4.78 is 7.18. The van der Waals surface area contributed by atoms with Crippen molar-refractivity contribution in [3.8, 4) is 5.69 Å². The average molecular weight is 286 g/mol. The number of aryl methyl sites for hydroxylation is 2. The van der Waals surface area contributed by atoms with Crippen LogP contribution in [0.3, 0.4) is 0 Å². The van der Waals surface area contributed by atoms with Gasteiger partial charge in [-0.3, -0.25) is 4.79 Å². The second-order valence-electron chi connectivity index (χ2n) is 5.33. The van der Waals surface area contributed by atoms with Crippen molar-refractivity contribution in [1.82, 2.24) is 9.88 Å². The van der Waals surface area contributed by atoms with Crippen molar-refractivity contribution in [1.29, 1.82) is 0 Å². The molecule has 1 amide bonds. The van der Waals surface area contributed by atoms with Crippen molar-refractivity contribution in [3.63, 3.8) is 0 Å². The smallest absolute Gasteiger partial charge is 0.251 e. The predicted octanol–water partition coefficient (Wildman–Crippen LogP) is 2.86. The molecule has 0 aliphatic rings. The number of hydrogen-bond donors (Lipinski definition) is 1. The van der Waals surface area contributed by atoms with Crippen LogP contribution >= 0.6 is 0 Å². The summed E-state index contributed by atoms with van der Waals surface area (Å²) in [5.41, 5.74) is 4.08. The van der Waals surface area contributed by atoms with E-state index >= 15 is 0 Å². The van der Waals surface area contributed by atoms with Crippen LogP contribution in [-0.4, -0.2) is 30.2 Å². The summed E-state index contributed by atoms with van der Waals surface area (Å²) in [6.45, 7) is 6.56. The minimum atomic E-state index is -0.0768. The number of aromatic nitrogens is 1. The summed E-state index contributed by atoms with van der Waals surface area (Å²) in [7, 11) is 1.62. The van der Waals surface area contributed by atoms with E-state index in [2.05, 4.69) is 35.9 Å². The van der Waals surface area contributed by atoms with Crippen LogP contribution in [0.15, 0.2) is 36.4 Å². The fraction of sp³-hybridized carbons (Fsp3) is 0.353. The lowest BCUT2D eigenvalue weighted by molar-refractivity contribution is 0.0905. The molecule has 4 heteroatoms. The topological polar surface area (TPSA) is 43.3 Å². The second-order valence-corrected chi connectivity index (χ2v) is 5.33. The lowest BCUT2D eigenvalue weighted by Crippen LogP contribution is -2.35. The quantitative estimate of drug-likeness (QED) is 0.918. The molecule has 1 unspecified atom stereocenters. The fourth-order valence-electron chi connectivity index (χ4n) is 2.44. The zero-order valence-corrected chi connectivity index (χ0v) is 13.0. The fourth-order valence-corrected chi connectivity index (χ4v) is 2.44. The third-order valence-electron chi connectivity index (χ3n) is 3.45. The standard InChI is InChI=1S/C17H22N2O2/c1-12(11-21-4)18-17(20)15-7-9-16(10-8-15)19-13(2)5-6-14(19)3/h5-10,12H,11H2,1-4H3,(H,18,20). The molecule has 2 rings (SSSR count). The van der Waals surface area contributed by atoms with Gasteiger partial charge in [0, 0.05) is 35.8 Å². The number of benzene rings is 1. The minimum absolute atomic E-state index is 0.00360. The largest absolute Gasteiger partial charge is 0.383 e. The van der Waals surface area contributed by atoms with E-state index in [0.717, 1.165) is 5.69 Å². The van der Waals surface area contributed by atoms with Gasteiger partial charge in [0.1, 0.15) is 0 Å². The molecule has 0 aliphatic heterocycles. The number of rotatable bonds is 5. The molecule has 0 aliphatic carbocycles. The van der Waals surface area contributed by atoms with Crippen molar-refractivity contribution in [2.24, 2.45) is 0 Å². The molecule has 0 saturated carbocycles. The molecule has 4 nitrogen and oxygen atoms in total. The summed E-state index contributed by atoms with van der Waals surface area (Å²) in [6, 6.07) is 11.8. The molecule has 0 radical (unpaired) electrons. The first-order valence-corrected chi connectivity index (χ1v) is 7.08. The predicted molar refractivity (Wildman–Crippen MR) is 84.0 cm³/mol. The summed E-state index contributed by atoms with van der Waals surface area (Å²) in [5.74, 6) is -0.0768. The molecule has 0 saturated heterocycles.